The van der Waals surface area contributed by atoms with Crippen LogP contribution >= 0.6 is 0 Å². The lowest BCUT2D eigenvalue weighted by Crippen LogP contribution is -2.43. The van der Waals surface area contributed by atoms with Crippen LogP contribution in [0, 0.1) is 0 Å². The van der Waals surface area contributed by atoms with E-state index >= 15 is 0 Å². The zero-order chi connectivity index (χ0) is 14.4. The Morgan fingerprint density at radius 1 is 1.42 bits per heavy atom. The van der Waals surface area contributed by atoms with Gasteiger partial charge in [-0.25, -0.2) is 0 Å². The van der Waals surface area contributed by atoms with Crippen LogP contribution in [0.15, 0.2) is 6.20 Å². The lowest BCUT2D eigenvalue weighted by Gasteiger charge is -2.30. The molecule has 108 valence electrons. The topological polar surface area (TPSA) is 64.2 Å². The van der Waals surface area contributed by atoms with Crippen LogP contribution in [0.2, 0.25) is 0 Å². The van der Waals surface area contributed by atoms with Crippen LogP contribution in [0.25, 0.3) is 0 Å². The molecule has 1 aromatic heterocycles. The third-order valence-corrected chi connectivity index (χ3v) is 3.48. The van der Waals surface area contributed by atoms with E-state index < -0.39 is 0 Å². The van der Waals surface area contributed by atoms with Gasteiger partial charge >= 0.3 is 0 Å². The third kappa shape index (κ3) is 3.56. The van der Waals surface area contributed by atoms with E-state index in [2.05, 4.69) is 18.9 Å². The van der Waals surface area contributed by atoms with Gasteiger partial charge in [-0.1, -0.05) is 20.8 Å². The third-order valence-electron chi connectivity index (χ3n) is 3.48. The van der Waals surface area contributed by atoms with Crippen molar-refractivity contribution in [3.63, 3.8) is 0 Å². The normalized spacial score (nSPS) is 11.1. The first kappa shape index (κ1) is 15.7. The molecule has 0 aliphatic carbocycles. The Bertz CT molecular complexity index is 410. The largest absolute Gasteiger partial charge is 0.334 e. The number of nitrogens with zero attached hydrogens (tertiary/aromatic N) is 3. The molecule has 1 heterocycles. The zero-order valence-corrected chi connectivity index (χ0v) is 12.5. The molecule has 0 saturated heterocycles. The number of aromatic nitrogens is 2. The predicted molar refractivity (Wildman–Crippen MR) is 77.0 cm³/mol. The summed E-state index contributed by atoms with van der Waals surface area (Å²) in [4.78, 5) is 14.6. The Balaban J connectivity index is 3.04. The van der Waals surface area contributed by atoms with Gasteiger partial charge in [-0.05, 0) is 19.3 Å². The molecule has 0 spiro atoms. The Morgan fingerprint density at radius 2 is 2.05 bits per heavy atom. The minimum atomic E-state index is 0.0594. The molecule has 1 rings (SSSR count). The summed E-state index contributed by atoms with van der Waals surface area (Å²) in [6.45, 7) is 7.32. The van der Waals surface area contributed by atoms with Gasteiger partial charge in [0, 0.05) is 32.4 Å². The van der Waals surface area contributed by atoms with E-state index in [0.29, 0.717) is 18.7 Å². The predicted octanol–water partition coefficient (Wildman–Crippen LogP) is 1.57. The number of nitrogens with two attached hydrogens (primary N) is 1. The van der Waals surface area contributed by atoms with Gasteiger partial charge in [0.05, 0.1) is 11.3 Å². The van der Waals surface area contributed by atoms with Crippen molar-refractivity contribution in [2.24, 2.45) is 12.8 Å². The van der Waals surface area contributed by atoms with E-state index in [1.54, 1.807) is 4.68 Å². The molecule has 2 N–H and O–H groups in total. The van der Waals surface area contributed by atoms with Crippen LogP contribution in [-0.4, -0.2) is 39.7 Å². The van der Waals surface area contributed by atoms with E-state index in [1.165, 1.54) is 0 Å². The summed E-state index contributed by atoms with van der Waals surface area (Å²) < 4.78 is 1.71. The Hall–Kier alpha value is -1.36. The summed E-state index contributed by atoms with van der Waals surface area (Å²) in [5.41, 5.74) is 7.23. The van der Waals surface area contributed by atoms with Gasteiger partial charge in [0.25, 0.3) is 5.91 Å². The van der Waals surface area contributed by atoms with Gasteiger partial charge in [-0.2, -0.15) is 5.10 Å². The Labute approximate surface area is 115 Å². The van der Waals surface area contributed by atoms with Crippen LogP contribution in [0.4, 0.5) is 0 Å². The van der Waals surface area contributed by atoms with Crippen molar-refractivity contribution in [3.8, 4) is 0 Å². The minimum Gasteiger partial charge on any atom is -0.334 e. The van der Waals surface area contributed by atoms with E-state index in [0.717, 1.165) is 25.0 Å². The molecule has 0 aromatic carbocycles. The molecule has 5 heteroatoms. The molecule has 0 radical (unpaired) electrons. The molecule has 0 saturated carbocycles. The van der Waals surface area contributed by atoms with Crippen molar-refractivity contribution < 1.29 is 4.79 Å². The second kappa shape index (κ2) is 7.28. The zero-order valence-electron chi connectivity index (χ0n) is 12.5. The van der Waals surface area contributed by atoms with Crippen LogP contribution in [0.5, 0.6) is 0 Å². The molecule has 0 unspecified atom stereocenters. The lowest BCUT2D eigenvalue weighted by molar-refractivity contribution is 0.0673. The SMILES string of the molecule is CCc1nn(C)cc1C(=O)N(CCN)C(CC)CC. The van der Waals surface area contributed by atoms with Crippen LogP contribution < -0.4 is 5.73 Å². The fraction of sp³-hybridized carbons (Fsp3) is 0.714. The summed E-state index contributed by atoms with van der Waals surface area (Å²) in [6.07, 6.45) is 4.47. The molecule has 19 heavy (non-hydrogen) atoms. The van der Waals surface area contributed by atoms with Crippen molar-refractivity contribution >= 4 is 5.91 Å². The van der Waals surface area contributed by atoms with Gasteiger partial charge in [0.1, 0.15) is 0 Å². The van der Waals surface area contributed by atoms with Crippen LogP contribution in [0.1, 0.15) is 49.7 Å². The standard InChI is InChI=1S/C14H26N4O/c1-5-11(6-2)18(9-8-15)14(19)12-10-17(4)16-13(12)7-3/h10-11H,5-9,15H2,1-4H3. The summed E-state index contributed by atoms with van der Waals surface area (Å²) >= 11 is 0. The first-order valence-corrected chi connectivity index (χ1v) is 7.12. The maximum atomic E-state index is 12.7. The van der Waals surface area contributed by atoms with Crippen molar-refractivity contribution in [3.05, 3.63) is 17.5 Å². The first-order valence-electron chi connectivity index (χ1n) is 7.12. The van der Waals surface area contributed by atoms with Gasteiger partial charge in [0.15, 0.2) is 0 Å². The second-order valence-corrected chi connectivity index (χ2v) is 4.77. The summed E-state index contributed by atoms with van der Waals surface area (Å²) in [7, 11) is 1.85. The molecular formula is C14H26N4O. The molecule has 0 atom stereocenters. The number of hydrogen-bond donors (Lipinski definition) is 1. The van der Waals surface area contributed by atoms with Crippen molar-refractivity contribution in [2.75, 3.05) is 13.1 Å². The molecular weight excluding hydrogens is 240 g/mol. The fourth-order valence-electron chi connectivity index (χ4n) is 2.45. The smallest absolute Gasteiger partial charge is 0.257 e. The van der Waals surface area contributed by atoms with E-state index in [-0.39, 0.29) is 11.9 Å². The summed E-state index contributed by atoms with van der Waals surface area (Å²) in [5, 5.41) is 4.34. The number of carbonyl (C=O) groups excluding carboxylic acids is 1. The molecule has 0 aliphatic heterocycles. The van der Waals surface area contributed by atoms with Gasteiger partial charge < -0.3 is 10.6 Å². The molecule has 0 aliphatic rings. The van der Waals surface area contributed by atoms with Crippen LogP contribution in [0.3, 0.4) is 0 Å². The highest BCUT2D eigenvalue weighted by molar-refractivity contribution is 5.95. The minimum absolute atomic E-state index is 0.0594. The van der Waals surface area contributed by atoms with Crippen molar-refractivity contribution in [1.82, 2.24) is 14.7 Å². The highest BCUT2D eigenvalue weighted by atomic mass is 16.2. The Morgan fingerprint density at radius 3 is 2.53 bits per heavy atom. The van der Waals surface area contributed by atoms with Gasteiger partial charge in [-0.15, -0.1) is 0 Å². The monoisotopic (exact) mass is 266 g/mol. The maximum Gasteiger partial charge on any atom is 0.257 e. The number of carbonyl (C=O) groups is 1. The van der Waals surface area contributed by atoms with E-state index in [4.69, 9.17) is 5.73 Å². The number of amides is 1. The molecule has 5 nitrogen and oxygen atoms in total. The average Bonchev–Trinajstić information content (AvgIpc) is 2.79. The van der Waals surface area contributed by atoms with Gasteiger partial charge in [0.2, 0.25) is 0 Å². The van der Waals surface area contributed by atoms with Crippen LogP contribution in [-0.2, 0) is 13.5 Å². The van der Waals surface area contributed by atoms with Gasteiger partial charge in [-0.3, -0.25) is 9.48 Å². The Kier molecular flexibility index (Phi) is 6.02. The molecule has 1 aromatic rings. The molecule has 0 bridgehead atoms. The molecule has 0 fully saturated rings. The highest BCUT2D eigenvalue weighted by Gasteiger charge is 2.24. The second-order valence-electron chi connectivity index (χ2n) is 4.77. The highest BCUT2D eigenvalue weighted by Crippen LogP contribution is 2.16. The number of rotatable bonds is 7. The van der Waals surface area contributed by atoms with E-state index in [9.17, 15) is 4.79 Å². The quantitative estimate of drug-likeness (QED) is 0.815. The lowest BCUT2D eigenvalue weighted by atomic mass is 10.1. The maximum absolute atomic E-state index is 12.7. The van der Waals surface area contributed by atoms with Crippen molar-refractivity contribution in [2.45, 2.75) is 46.1 Å². The average molecular weight is 266 g/mol. The van der Waals surface area contributed by atoms with Crippen molar-refractivity contribution in [1.29, 1.82) is 0 Å². The molecule has 1 amide bonds. The summed E-state index contributed by atoms with van der Waals surface area (Å²) in [5.74, 6) is 0.0594. The van der Waals surface area contributed by atoms with E-state index in [1.807, 2.05) is 25.1 Å². The fourth-order valence-corrected chi connectivity index (χ4v) is 2.45. The first-order chi connectivity index (χ1) is 9.08. The number of hydrogen-bond acceptors (Lipinski definition) is 3. The number of aryl methyl sites for hydroxylation is 2. The summed E-state index contributed by atoms with van der Waals surface area (Å²) in [6, 6.07) is 0.251.